The Kier molecular flexibility index (Phi) is 3.65. The molecule has 0 saturated heterocycles. The van der Waals surface area contributed by atoms with E-state index in [1.165, 1.54) is 42.0 Å². The summed E-state index contributed by atoms with van der Waals surface area (Å²) in [6, 6.07) is 15.2. The van der Waals surface area contributed by atoms with E-state index in [9.17, 15) is 0 Å². The molecule has 3 rings (SSSR count). The normalized spacial score (nSPS) is 17.2. The maximum atomic E-state index is 6.38. The molecule has 0 amide bonds. The predicted molar refractivity (Wildman–Crippen MR) is 82.0 cm³/mol. The number of rotatable bonds is 3. The van der Waals surface area contributed by atoms with E-state index in [0.717, 1.165) is 6.42 Å². The van der Waals surface area contributed by atoms with Crippen LogP contribution in [0.5, 0.6) is 0 Å². The van der Waals surface area contributed by atoms with Crippen molar-refractivity contribution < 1.29 is 0 Å². The van der Waals surface area contributed by atoms with Gasteiger partial charge in [0.15, 0.2) is 0 Å². The van der Waals surface area contributed by atoms with Crippen molar-refractivity contribution in [2.45, 2.75) is 38.1 Å². The van der Waals surface area contributed by atoms with Crippen LogP contribution in [0.15, 0.2) is 54.1 Å². The van der Waals surface area contributed by atoms with Gasteiger partial charge in [-0.2, -0.15) is 0 Å². The van der Waals surface area contributed by atoms with Crippen LogP contribution in [0.3, 0.4) is 0 Å². The van der Waals surface area contributed by atoms with Crippen molar-refractivity contribution in [3.05, 3.63) is 59.7 Å². The smallest absolute Gasteiger partial charge is 0.0332 e. The molecule has 1 aliphatic rings. The Morgan fingerprint density at radius 2 is 1.84 bits per heavy atom. The Morgan fingerprint density at radius 3 is 2.63 bits per heavy atom. The third-order valence-electron chi connectivity index (χ3n) is 4.07. The first-order chi connectivity index (χ1) is 9.33. The third kappa shape index (κ3) is 2.87. The number of fused-ring (bicyclic) bond motifs is 1. The fraction of sp³-hybridized carbons (Fsp3) is 0.333. The maximum Gasteiger partial charge on any atom is 0.0332 e. The first kappa shape index (κ1) is 12.4. The van der Waals surface area contributed by atoms with Crippen LogP contribution in [0.1, 0.15) is 43.7 Å². The lowest BCUT2D eigenvalue weighted by atomic mass is 9.91. The summed E-state index contributed by atoms with van der Waals surface area (Å²) in [7, 11) is 0. The van der Waals surface area contributed by atoms with Gasteiger partial charge in [-0.05, 0) is 54.5 Å². The second-order valence-corrected chi connectivity index (χ2v) is 5.53. The summed E-state index contributed by atoms with van der Waals surface area (Å²) in [6.07, 6.45) is 8.55. The second kappa shape index (κ2) is 5.58. The fourth-order valence-corrected chi connectivity index (χ4v) is 2.93. The number of hydrogen-bond acceptors (Lipinski definition) is 1. The van der Waals surface area contributed by atoms with Crippen LogP contribution in [-0.4, -0.2) is 0 Å². The van der Waals surface area contributed by atoms with E-state index in [4.69, 9.17) is 5.73 Å². The van der Waals surface area contributed by atoms with E-state index < -0.39 is 0 Å². The average Bonchev–Trinajstić information content (AvgIpc) is 2.48. The summed E-state index contributed by atoms with van der Waals surface area (Å²) < 4.78 is 0. The molecular formula is C18H21N. The van der Waals surface area contributed by atoms with Crippen molar-refractivity contribution in [2.75, 3.05) is 0 Å². The molecule has 98 valence electrons. The Morgan fingerprint density at radius 1 is 1.00 bits per heavy atom. The van der Waals surface area contributed by atoms with Gasteiger partial charge in [-0.3, -0.25) is 0 Å². The molecule has 0 saturated carbocycles. The van der Waals surface area contributed by atoms with Gasteiger partial charge in [0.1, 0.15) is 0 Å². The van der Waals surface area contributed by atoms with Gasteiger partial charge in [0.2, 0.25) is 0 Å². The summed E-state index contributed by atoms with van der Waals surface area (Å²) >= 11 is 0. The standard InChI is InChI=1S/C18H21N/c19-18(12-14-6-2-1-3-7-14)17-11-10-15-8-4-5-9-16(15)13-17/h4-6,8-11,13,18H,1-3,7,12,19H2. The van der Waals surface area contributed by atoms with Crippen molar-refractivity contribution in [3.63, 3.8) is 0 Å². The van der Waals surface area contributed by atoms with Gasteiger partial charge in [0.25, 0.3) is 0 Å². The van der Waals surface area contributed by atoms with Gasteiger partial charge in [-0.1, -0.05) is 48.0 Å². The lowest BCUT2D eigenvalue weighted by Crippen LogP contribution is -2.12. The van der Waals surface area contributed by atoms with Gasteiger partial charge in [0, 0.05) is 6.04 Å². The molecule has 0 aliphatic heterocycles. The molecule has 19 heavy (non-hydrogen) atoms. The average molecular weight is 251 g/mol. The van der Waals surface area contributed by atoms with Crippen LogP contribution < -0.4 is 5.73 Å². The molecule has 0 spiro atoms. The summed E-state index contributed by atoms with van der Waals surface area (Å²) in [4.78, 5) is 0. The largest absolute Gasteiger partial charge is 0.324 e. The highest BCUT2D eigenvalue weighted by Crippen LogP contribution is 2.27. The van der Waals surface area contributed by atoms with Gasteiger partial charge in [-0.25, -0.2) is 0 Å². The molecule has 0 aromatic heterocycles. The zero-order valence-electron chi connectivity index (χ0n) is 11.3. The van der Waals surface area contributed by atoms with Gasteiger partial charge < -0.3 is 5.73 Å². The molecule has 1 aliphatic carbocycles. The second-order valence-electron chi connectivity index (χ2n) is 5.53. The summed E-state index contributed by atoms with van der Waals surface area (Å²) in [5.41, 5.74) is 9.18. The minimum absolute atomic E-state index is 0.133. The maximum absolute atomic E-state index is 6.38. The Bertz CT molecular complexity index is 597. The van der Waals surface area contributed by atoms with Crippen LogP contribution in [0.2, 0.25) is 0 Å². The number of nitrogens with two attached hydrogens (primary N) is 1. The first-order valence-electron chi connectivity index (χ1n) is 7.25. The molecule has 0 radical (unpaired) electrons. The van der Waals surface area contributed by atoms with Crippen LogP contribution >= 0.6 is 0 Å². The van der Waals surface area contributed by atoms with Crippen molar-refractivity contribution in [2.24, 2.45) is 5.73 Å². The zero-order valence-corrected chi connectivity index (χ0v) is 11.3. The van der Waals surface area contributed by atoms with Crippen LogP contribution in [0, 0.1) is 0 Å². The lowest BCUT2D eigenvalue weighted by Gasteiger charge is -2.18. The fourth-order valence-electron chi connectivity index (χ4n) is 2.93. The Hall–Kier alpha value is -1.60. The molecule has 1 heteroatoms. The summed E-state index contributed by atoms with van der Waals surface area (Å²) in [5, 5.41) is 2.57. The Labute approximate surface area is 115 Å². The number of hydrogen-bond donors (Lipinski definition) is 1. The van der Waals surface area contributed by atoms with E-state index >= 15 is 0 Å². The van der Waals surface area contributed by atoms with Crippen molar-refractivity contribution in [1.82, 2.24) is 0 Å². The van der Waals surface area contributed by atoms with Crippen LogP contribution in [-0.2, 0) is 0 Å². The Balaban J connectivity index is 1.80. The molecule has 2 aromatic rings. The topological polar surface area (TPSA) is 26.0 Å². The minimum Gasteiger partial charge on any atom is -0.324 e. The zero-order chi connectivity index (χ0) is 13.1. The minimum atomic E-state index is 0.133. The molecule has 1 unspecified atom stereocenters. The SMILES string of the molecule is NC(CC1=CCCCC1)c1ccc2ccccc2c1. The van der Waals surface area contributed by atoms with Crippen LogP contribution in [0.25, 0.3) is 10.8 Å². The molecular weight excluding hydrogens is 230 g/mol. The molecule has 0 bridgehead atoms. The first-order valence-corrected chi connectivity index (χ1v) is 7.25. The molecule has 2 N–H and O–H groups in total. The number of benzene rings is 2. The molecule has 0 heterocycles. The van der Waals surface area contributed by atoms with Gasteiger partial charge >= 0.3 is 0 Å². The lowest BCUT2D eigenvalue weighted by molar-refractivity contribution is 0.629. The molecule has 2 aromatic carbocycles. The highest BCUT2D eigenvalue weighted by molar-refractivity contribution is 5.83. The monoisotopic (exact) mass is 251 g/mol. The quantitative estimate of drug-likeness (QED) is 0.784. The van der Waals surface area contributed by atoms with Crippen molar-refractivity contribution in [1.29, 1.82) is 0 Å². The molecule has 1 nitrogen and oxygen atoms in total. The molecule has 0 fully saturated rings. The number of allylic oxidation sites excluding steroid dienone is 1. The van der Waals surface area contributed by atoms with E-state index in [0.29, 0.717) is 0 Å². The van der Waals surface area contributed by atoms with E-state index in [1.54, 1.807) is 5.57 Å². The summed E-state index contributed by atoms with van der Waals surface area (Å²) in [6.45, 7) is 0. The van der Waals surface area contributed by atoms with Crippen molar-refractivity contribution in [3.8, 4) is 0 Å². The molecule has 1 atom stereocenters. The van der Waals surface area contributed by atoms with Gasteiger partial charge in [-0.15, -0.1) is 0 Å². The highest BCUT2D eigenvalue weighted by atomic mass is 14.6. The van der Waals surface area contributed by atoms with Crippen LogP contribution in [0.4, 0.5) is 0 Å². The van der Waals surface area contributed by atoms with E-state index in [-0.39, 0.29) is 6.04 Å². The summed E-state index contributed by atoms with van der Waals surface area (Å²) in [5.74, 6) is 0. The van der Waals surface area contributed by atoms with E-state index in [1.807, 2.05) is 0 Å². The predicted octanol–water partition coefficient (Wildman–Crippen LogP) is 4.73. The highest BCUT2D eigenvalue weighted by Gasteiger charge is 2.11. The third-order valence-corrected chi connectivity index (χ3v) is 4.07. The van der Waals surface area contributed by atoms with Gasteiger partial charge in [0.05, 0.1) is 0 Å². The van der Waals surface area contributed by atoms with E-state index in [2.05, 4.69) is 48.5 Å². The van der Waals surface area contributed by atoms with Crippen molar-refractivity contribution >= 4 is 10.8 Å².